The molecule has 2 aliphatic heterocycles. The van der Waals surface area contributed by atoms with E-state index in [2.05, 4.69) is 69.0 Å². The molecule has 2 aliphatic rings. The van der Waals surface area contributed by atoms with E-state index in [0.717, 1.165) is 52.4 Å². The summed E-state index contributed by atoms with van der Waals surface area (Å²) in [6, 6.07) is 20.8. The second kappa shape index (κ2) is 9.43. The van der Waals surface area contributed by atoms with Crippen molar-refractivity contribution in [2.75, 3.05) is 39.3 Å². The fourth-order valence-corrected chi connectivity index (χ4v) is 4.22. The van der Waals surface area contributed by atoms with E-state index < -0.39 is 0 Å². The number of carbonyl (C=O) groups is 1. The second-order valence-corrected chi connectivity index (χ2v) is 7.86. The highest BCUT2D eigenvalue weighted by Crippen LogP contribution is 2.12. The summed E-state index contributed by atoms with van der Waals surface area (Å²) in [7, 11) is 0. The van der Waals surface area contributed by atoms with Gasteiger partial charge < -0.3 is 10.6 Å². The molecule has 2 unspecified atom stereocenters. The topological polar surface area (TPSA) is 47.6 Å². The number of benzene rings is 2. The van der Waals surface area contributed by atoms with Crippen LogP contribution in [0.4, 0.5) is 0 Å². The van der Waals surface area contributed by atoms with Gasteiger partial charge in [-0.15, -0.1) is 0 Å². The Balaban J connectivity index is 1.32. The first kappa shape index (κ1) is 19.3. The molecule has 4 rings (SSSR count). The third-order valence-electron chi connectivity index (χ3n) is 5.70. The summed E-state index contributed by atoms with van der Waals surface area (Å²) in [4.78, 5) is 17.9. The number of piperazine rings is 2. The molecule has 0 aliphatic carbocycles. The summed E-state index contributed by atoms with van der Waals surface area (Å²) in [5.41, 5.74) is 2.61. The Morgan fingerprint density at radius 3 is 1.61 bits per heavy atom. The van der Waals surface area contributed by atoms with Crippen molar-refractivity contribution in [3.63, 3.8) is 0 Å². The molecule has 2 fully saturated rings. The van der Waals surface area contributed by atoms with Gasteiger partial charge in [-0.3, -0.25) is 14.6 Å². The largest absolute Gasteiger partial charge is 0.305 e. The first-order valence-corrected chi connectivity index (χ1v) is 10.3. The van der Waals surface area contributed by atoms with E-state index in [1.165, 1.54) is 11.1 Å². The minimum Gasteiger partial charge on any atom is -0.305 e. The molecular formula is C23H30N4O. The molecular weight excluding hydrogens is 348 g/mol. The normalized spacial score (nSPS) is 24.1. The highest BCUT2D eigenvalue weighted by atomic mass is 16.1. The Morgan fingerprint density at radius 2 is 1.18 bits per heavy atom. The monoisotopic (exact) mass is 378 g/mol. The minimum atomic E-state index is -0.0911. The fourth-order valence-electron chi connectivity index (χ4n) is 4.22. The number of nitrogens with zero attached hydrogens (tertiary/aromatic N) is 2. The molecule has 148 valence electrons. The average Bonchev–Trinajstić information content (AvgIpc) is 2.75. The van der Waals surface area contributed by atoms with E-state index in [1.54, 1.807) is 0 Å². The van der Waals surface area contributed by atoms with Crippen molar-refractivity contribution >= 4 is 5.78 Å². The van der Waals surface area contributed by atoms with E-state index in [0.29, 0.717) is 5.78 Å². The van der Waals surface area contributed by atoms with Crippen LogP contribution in [0.5, 0.6) is 0 Å². The third-order valence-corrected chi connectivity index (χ3v) is 5.70. The average molecular weight is 379 g/mol. The van der Waals surface area contributed by atoms with E-state index in [1.807, 2.05) is 12.1 Å². The molecule has 5 nitrogen and oxygen atoms in total. The van der Waals surface area contributed by atoms with Crippen LogP contribution in [0.3, 0.4) is 0 Å². The first-order valence-electron chi connectivity index (χ1n) is 10.3. The van der Waals surface area contributed by atoms with Crippen LogP contribution in [0.1, 0.15) is 11.1 Å². The number of Topliss-reactive ketones (excluding diaryl/α,β-unsaturated/α-hetero) is 1. The van der Waals surface area contributed by atoms with Gasteiger partial charge in [0.05, 0.1) is 12.1 Å². The maximum Gasteiger partial charge on any atom is 0.169 e. The number of carbonyl (C=O) groups excluding carboxylic acids is 1. The van der Waals surface area contributed by atoms with Gasteiger partial charge in [-0.2, -0.15) is 0 Å². The molecule has 0 bridgehead atoms. The van der Waals surface area contributed by atoms with Crippen LogP contribution in [0.15, 0.2) is 60.7 Å². The number of rotatable bonds is 6. The highest BCUT2D eigenvalue weighted by Gasteiger charge is 2.33. The Kier molecular flexibility index (Phi) is 6.49. The zero-order valence-corrected chi connectivity index (χ0v) is 16.4. The molecule has 0 spiro atoms. The van der Waals surface area contributed by atoms with E-state index in [9.17, 15) is 4.79 Å². The Bertz CT molecular complexity index is 688. The molecule has 5 heteroatoms. The SMILES string of the molecule is O=C(C1CN(Cc2ccccc2)CCN1)C1CN(Cc2ccccc2)CCN1. The van der Waals surface area contributed by atoms with Crippen molar-refractivity contribution < 1.29 is 4.79 Å². The molecule has 2 heterocycles. The van der Waals surface area contributed by atoms with Crippen molar-refractivity contribution in [3.05, 3.63) is 71.8 Å². The van der Waals surface area contributed by atoms with Crippen LogP contribution < -0.4 is 10.6 Å². The highest BCUT2D eigenvalue weighted by molar-refractivity contribution is 5.89. The summed E-state index contributed by atoms with van der Waals surface area (Å²) < 4.78 is 0. The predicted molar refractivity (Wildman–Crippen MR) is 112 cm³/mol. The van der Waals surface area contributed by atoms with Gasteiger partial charge >= 0.3 is 0 Å². The van der Waals surface area contributed by atoms with Crippen molar-refractivity contribution in [1.82, 2.24) is 20.4 Å². The Labute approximate surface area is 167 Å². The summed E-state index contributed by atoms with van der Waals surface area (Å²) in [6.45, 7) is 7.07. The Morgan fingerprint density at radius 1 is 0.750 bits per heavy atom. The van der Waals surface area contributed by atoms with Crippen molar-refractivity contribution in [2.24, 2.45) is 0 Å². The van der Waals surface area contributed by atoms with Crippen LogP contribution in [0.25, 0.3) is 0 Å². The summed E-state index contributed by atoms with van der Waals surface area (Å²) in [5, 5.41) is 6.89. The van der Waals surface area contributed by atoms with Gasteiger partial charge in [-0.1, -0.05) is 60.7 Å². The molecule has 28 heavy (non-hydrogen) atoms. The second-order valence-electron chi connectivity index (χ2n) is 7.86. The molecule has 2 aromatic rings. The molecule has 0 amide bonds. The van der Waals surface area contributed by atoms with Gasteiger partial charge in [-0.05, 0) is 11.1 Å². The first-order chi connectivity index (χ1) is 13.8. The number of nitrogens with one attached hydrogen (secondary N) is 2. The lowest BCUT2D eigenvalue weighted by Crippen LogP contribution is -2.62. The summed E-state index contributed by atoms with van der Waals surface area (Å²) >= 11 is 0. The molecule has 0 saturated carbocycles. The van der Waals surface area contributed by atoms with Crippen LogP contribution in [-0.4, -0.2) is 66.9 Å². The van der Waals surface area contributed by atoms with Crippen LogP contribution >= 0.6 is 0 Å². The van der Waals surface area contributed by atoms with Gasteiger partial charge in [0.1, 0.15) is 0 Å². The van der Waals surface area contributed by atoms with Crippen LogP contribution in [0, 0.1) is 0 Å². The van der Waals surface area contributed by atoms with Gasteiger partial charge in [-0.25, -0.2) is 0 Å². The van der Waals surface area contributed by atoms with Gasteiger partial charge in [0, 0.05) is 52.4 Å². The molecule has 2 N–H and O–H groups in total. The zero-order chi connectivity index (χ0) is 19.2. The smallest absolute Gasteiger partial charge is 0.169 e. The van der Waals surface area contributed by atoms with Crippen molar-refractivity contribution in [2.45, 2.75) is 25.2 Å². The van der Waals surface area contributed by atoms with E-state index >= 15 is 0 Å². The van der Waals surface area contributed by atoms with Crippen molar-refractivity contribution in [1.29, 1.82) is 0 Å². The summed E-state index contributed by atoms with van der Waals surface area (Å²) in [5.74, 6) is 0.301. The lowest BCUT2D eigenvalue weighted by Gasteiger charge is -2.38. The van der Waals surface area contributed by atoms with Gasteiger partial charge in [0.2, 0.25) is 0 Å². The molecule has 0 aromatic heterocycles. The number of hydrogen-bond donors (Lipinski definition) is 2. The quantitative estimate of drug-likeness (QED) is 0.798. The molecule has 0 radical (unpaired) electrons. The molecule has 2 aromatic carbocycles. The maximum absolute atomic E-state index is 13.2. The van der Waals surface area contributed by atoms with E-state index in [-0.39, 0.29) is 12.1 Å². The standard InChI is InChI=1S/C23H30N4O/c28-23(21-17-26(13-11-24-21)15-19-7-3-1-4-8-19)22-18-27(14-12-25-22)16-20-9-5-2-6-10-20/h1-10,21-22,24-25H,11-18H2. The van der Waals surface area contributed by atoms with Crippen LogP contribution in [0.2, 0.25) is 0 Å². The lowest BCUT2D eigenvalue weighted by molar-refractivity contribution is -0.125. The summed E-state index contributed by atoms with van der Waals surface area (Å²) in [6.07, 6.45) is 0. The Hall–Kier alpha value is -2.05. The predicted octanol–water partition coefficient (Wildman–Crippen LogP) is 1.50. The van der Waals surface area contributed by atoms with Gasteiger partial charge in [0.25, 0.3) is 0 Å². The lowest BCUT2D eigenvalue weighted by atomic mass is 10.00. The maximum atomic E-state index is 13.2. The number of ketones is 1. The van der Waals surface area contributed by atoms with Crippen LogP contribution in [-0.2, 0) is 17.9 Å². The zero-order valence-electron chi connectivity index (χ0n) is 16.4. The van der Waals surface area contributed by atoms with Gasteiger partial charge in [0.15, 0.2) is 5.78 Å². The minimum absolute atomic E-state index is 0.0911. The number of hydrogen-bond acceptors (Lipinski definition) is 5. The third kappa shape index (κ3) is 5.06. The van der Waals surface area contributed by atoms with Crippen molar-refractivity contribution in [3.8, 4) is 0 Å². The fraction of sp³-hybridized carbons (Fsp3) is 0.435. The van der Waals surface area contributed by atoms with E-state index in [4.69, 9.17) is 0 Å². The molecule has 2 saturated heterocycles. The molecule has 2 atom stereocenters.